The summed E-state index contributed by atoms with van der Waals surface area (Å²) >= 11 is 0. The number of hydrogen-bond acceptors (Lipinski definition) is 2. The Bertz CT molecular complexity index is 171. The molecule has 1 N–H and O–H groups in total. The van der Waals surface area contributed by atoms with Gasteiger partial charge in [0.25, 0.3) is 0 Å². The maximum Gasteiger partial charge on any atom is 0.250 e. The van der Waals surface area contributed by atoms with Gasteiger partial charge in [-0.05, 0) is 0 Å². The average molecular weight is 139 g/mol. The molecule has 0 bridgehead atoms. The first kappa shape index (κ1) is 7.10. The Balaban J connectivity index is 2.42. The largest absolute Gasteiger partial charge is 0.366 e. The fraction of sp³-hybridized carbons (Fsp3) is 0.571. The lowest BCUT2D eigenvalue weighted by Crippen LogP contribution is -2.43. The van der Waals surface area contributed by atoms with Crippen molar-refractivity contribution in [1.29, 1.82) is 0 Å². The van der Waals surface area contributed by atoms with E-state index >= 15 is 0 Å². The number of carbonyl (C=O) groups excluding carboxylic acids is 1. The topological polar surface area (TPSA) is 38.3 Å². The Kier molecular flexibility index (Phi) is 2.30. The molecule has 1 heterocycles. The molecule has 1 atom stereocenters. The first-order valence-electron chi connectivity index (χ1n) is 3.17. The van der Waals surface area contributed by atoms with Crippen molar-refractivity contribution >= 4 is 5.91 Å². The minimum absolute atomic E-state index is 0.0933. The van der Waals surface area contributed by atoms with Crippen LogP contribution in [0.3, 0.4) is 0 Å². The second-order valence-corrected chi connectivity index (χ2v) is 2.06. The average Bonchev–Trinajstić information content (AvgIpc) is 1.94. The molecule has 0 aliphatic carbocycles. The lowest BCUT2D eigenvalue weighted by atomic mass is 10.2. The van der Waals surface area contributed by atoms with Crippen molar-refractivity contribution in [1.82, 2.24) is 5.32 Å². The van der Waals surface area contributed by atoms with Gasteiger partial charge in [0.15, 0.2) is 0 Å². The van der Waals surface area contributed by atoms with E-state index < -0.39 is 6.10 Å². The zero-order valence-corrected chi connectivity index (χ0v) is 5.59. The first-order chi connectivity index (χ1) is 4.84. The standard InChI is InChI=1S/C7H9NO2/c1-2-3-6-7(9)8-4-5-10-6/h1,6H,3-5H2,(H,8,9). The van der Waals surface area contributed by atoms with Crippen molar-refractivity contribution < 1.29 is 9.53 Å². The summed E-state index contributed by atoms with van der Waals surface area (Å²) in [6.45, 7) is 1.16. The Hall–Kier alpha value is -1.01. The van der Waals surface area contributed by atoms with Crippen LogP contribution in [0.1, 0.15) is 6.42 Å². The van der Waals surface area contributed by atoms with Crippen molar-refractivity contribution in [3.8, 4) is 12.3 Å². The highest BCUT2D eigenvalue weighted by molar-refractivity contribution is 5.81. The van der Waals surface area contributed by atoms with Gasteiger partial charge in [-0.2, -0.15) is 0 Å². The molecule has 0 spiro atoms. The monoisotopic (exact) mass is 139 g/mol. The van der Waals surface area contributed by atoms with E-state index in [1.54, 1.807) is 0 Å². The highest BCUT2D eigenvalue weighted by Gasteiger charge is 2.20. The molecule has 0 saturated carbocycles. The van der Waals surface area contributed by atoms with Crippen LogP contribution >= 0.6 is 0 Å². The number of rotatable bonds is 1. The molecule has 1 saturated heterocycles. The van der Waals surface area contributed by atoms with E-state index in [-0.39, 0.29) is 5.91 Å². The molecule has 10 heavy (non-hydrogen) atoms. The summed E-state index contributed by atoms with van der Waals surface area (Å²) in [5, 5.41) is 2.66. The van der Waals surface area contributed by atoms with Crippen LogP contribution in [-0.2, 0) is 9.53 Å². The van der Waals surface area contributed by atoms with E-state index in [0.29, 0.717) is 19.6 Å². The van der Waals surface area contributed by atoms with Crippen LogP contribution in [0.4, 0.5) is 0 Å². The lowest BCUT2D eigenvalue weighted by Gasteiger charge is -2.20. The third-order valence-electron chi connectivity index (χ3n) is 1.32. The molecule has 0 aromatic carbocycles. The van der Waals surface area contributed by atoms with Gasteiger partial charge in [0, 0.05) is 13.0 Å². The molecule has 1 aliphatic heterocycles. The summed E-state index contributed by atoms with van der Waals surface area (Å²) in [4.78, 5) is 10.9. The molecule has 1 unspecified atom stereocenters. The van der Waals surface area contributed by atoms with Gasteiger partial charge in [0.05, 0.1) is 6.61 Å². The van der Waals surface area contributed by atoms with Crippen LogP contribution in [0.5, 0.6) is 0 Å². The predicted molar refractivity (Wildman–Crippen MR) is 36.2 cm³/mol. The quantitative estimate of drug-likeness (QED) is 0.498. The smallest absolute Gasteiger partial charge is 0.250 e. The number of ether oxygens (including phenoxy) is 1. The molecule has 0 aromatic heterocycles. The molecule has 54 valence electrons. The van der Waals surface area contributed by atoms with Gasteiger partial charge < -0.3 is 10.1 Å². The Labute approximate surface area is 59.7 Å². The SMILES string of the molecule is C#CCC1OCCNC1=O. The number of carbonyl (C=O) groups is 1. The minimum Gasteiger partial charge on any atom is -0.366 e. The Morgan fingerprint density at radius 3 is 3.30 bits per heavy atom. The van der Waals surface area contributed by atoms with E-state index in [9.17, 15) is 4.79 Å². The minimum atomic E-state index is -0.418. The third-order valence-corrected chi connectivity index (χ3v) is 1.32. The van der Waals surface area contributed by atoms with E-state index in [4.69, 9.17) is 11.2 Å². The maximum atomic E-state index is 10.9. The van der Waals surface area contributed by atoms with Gasteiger partial charge in [-0.1, -0.05) is 0 Å². The molecule has 1 aliphatic rings. The maximum absolute atomic E-state index is 10.9. The summed E-state index contributed by atoms with van der Waals surface area (Å²) in [6, 6.07) is 0. The molecule has 1 rings (SSSR count). The zero-order chi connectivity index (χ0) is 7.40. The molecule has 1 fully saturated rings. The number of hydrogen-bond donors (Lipinski definition) is 1. The summed E-state index contributed by atoms with van der Waals surface area (Å²) in [5.74, 6) is 2.29. The molecule has 1 amide bonds. The van der Waals surface area contributed by atoms with E-state index in [0.717, 1.165) is 0 Å². The van der Waals surface area contributed by atoms with Crippen LogP contribution in [0.2, 0.25) is 0 Å². The summed E-state index contributed by atoms with van der Waals surface area (Å²) < 4.78 is 5.08. The fourth-order valence-corrected chi connectivity index (χ4v) is 0.824. The van der Waals surface area contributed by atoms with Gasteiger partial charge in [0.2, 0.25) is 5.91 Å². The third kappa shape index (κ3) is 1.49. The van der Waals surface area contributed by atoms with E-state index in [2.05, 4.69) is 11.2 Å². The first-order valence-corrected chi connectivity index (χ1v) is 3.17. The Morgan fingerprint density at radius 2 is 2.70 bits per heavy atom. The summed E-state index contributed by atoms with van der Waals surface area (Å²) in [6.07, 6.45) is 4.96. The number of morpholine rings is 1. The van der Waals surface area contributed by atoms with Gasteiger partial charge in [-0.25, -0.2) is 0 Å². The number of amides is 1. The molecular weight excluding hydrogens is 130 g/mol. The predicted octanol–water partition coefficient (Wildman–Crippen LogP) is -0.475. The van der Waals surface area contributed by atoms with Gasteiger partial charge in [0.1, 0.15) is 6.10 Å². The highest BCUT2D eigenvalue weighted by atomic mass is 16.5. The van der Waals surface area contributed by atoms with Crippen molar-refractivity contribution in [3.63, 3.8) is 0 Å². The number of terminal acetylenes is 1. The second kappa shape index (κ2) is 3.23. The van der Waals surface area contributed by atoms with Crippen molar-refractivity contribution in [2.45, 2.75) is 12.5 Å². The van der Waals surface area contributed by atoms with Crippen LogP contribution in [0, 0.1) is 12.3 Å². The van der Waals surface area contributed by atoms with Crippen molar-refractivity contribution in [3.05, 3.63) is 0 Å². The lowest BCUT2D eigenvalue weighted by molar-refractivity contribution is -0.137. The van der Waals surface area contributed by atoms with Crippen LogP contribution < -0.4 is 5.32 Å². The fourth-order valence-electron chi connectivity index (χ4n) is 0.824. The van der Waals surface area contributed by atoms with Crippen molar-refractivity contribution in [2.75, 3.05) is 13.2 Å². The second-order valence-electron chi connectivity index (χ2n) is 2.06. The molecule has 3 heteroatoms. The normalized spacial score (nSPS) is 25.1. The Morgan fingerprint density at radius 1 is 1.90 bits per heavy atom. The molecular formula is C7H9NO2. The van der Waals surface area contributed by atoms with Gasteiger partial charge >= 0.3 is 0 Å². The van der Waals surface area contributed by atoms with Gasteiger partial charge in [-0.15, -0.1) is 12.3 Å². The van der Waals surface area contributed by atoms with Crippen LogP contribution in [-0.4, -0.2) is 25.2 Å². The summed E-state index contributed by atoms with van der Waals surface area (Å²) in [7, 11) is 0. The number of nitrogens with one attached hydrogen (secondary N) is 1. The summed E-state index contributed by atoms with van der Waals surface area (Å²) in [5.41, 5.74) is 0. The van der Waals surface area contributed by atoms with E-state index in [1.807, 2.05) is 0 Å². The molecule has 0 aromatic rings. The molecule has 3 nitrogen and oxygen atoms in total. The van der Waals surface area contributed by atoms with Crippen molar-refractivity contribution in [2.24, 2.45) is 0 Å². The van der Waals surface area contributed by atoms with Crippen LogP contribution in [0.15, 0.2) is 0 Å². The van der Waals surface area contributed by atoms with Crippen LogP contribution in [0.25, 0.3) is 0 Å². The van der Waals surface area contributed by atoms with E-state index in [1.165, 1.54) is 0 Å². The molecule has 0 radical (unpaired) electrons. The zero-order valence-electron chi connectivity index (χ0n) is 5.59. The van der Waals surface area contributed by atoms with Gasteiger partial charge in [-0.3, -0.25) is 4.79 Å². The highest BCUT2D eigenvalue weighted by Crippen LogP contribution is 2.00.